The van der Waals surface area contributed by atoms with E-state index in [0.717, 1.165) is 13.0 Å². The van der Waals surface area contributed by atoms with Gasteiger partial charge in [0.1, 0.15) is 17.5 Å². The van der Waals surface area contributed by atoms with E-state index in [4.69, 9.17) is 16.3 Å². The zero-order valence-electron chi connectivity index (χ0n) is 14.9. The number of hydrogen-bond acceptors (Lipinski definition) is 2. The number of esters is 1. The average molecular weight is 415 g/mol. The number of benzene rings is 1. The lowest BCUT2D eigenvalue weighted by molar-refractivity contribution is -0.147. The van der Waals surface area contributed by atoms with Crippen molar-refractivity contribution in [2.45, 2.75) is 40.5 Å². The van der Waals surface area contributed by atoms with Crippen molar-refractivity contribution in [2.24, 2.45) is 17.3 Å². The van der Waals surface area contributed by atoms with Crippen LogP contribution in [0.5, 0.6) is 0 Å². The van der Waals surface area contributed by atoms with Gasteiger partial charge in [-0.1, -0.05) is 31.5 Å². The number of hydrogen-bond donors (Lipinski definition) is 0. The molecule has 1 aliphatic carbocycles. The van der Waals surface area contributed by atoms with Gasteiger partial charge < -0.3 is 4.74 Å². The zero-order chi connectivity index (χ0) is 20.9. The molecule has 2 atom stereocenters. The summed E-state index contributed by atoms with van der Waals surface area (Å²) in [4.78, 5) is 12.2. The first-order valence-electron chi connectivity index (χ1n) is 7.94. The van der Waals surface area contributed by atoms with E-state index in [2.05, 4.69) is 0 Å². The third-order valence-electron chi connectivity index (χ3n) is 5.02. The molecule has 0 unspecified atom stereocenters. The van der Waals surface area contributed by atoms with E-state index in [1.165, 1.54) is 6.92 Å². The zero-order valence-corrected chi connectivity index (χ0v) is 15.7. The summed E-state index contributed by atoms with van der Waals surface area (Å²) in [6, 6.07) is 0. The lowest BCUT2D eigenvalue weighted by atomic mass is 10.0. The summed E-state index contributed by atoms with van der Waals surface area (Å²) < 4.78 is 84.2. The van der Waals surface area contributed by atoms with Gasteiger partial charge in [0.15, 0.2) is 11.6 Å². The molecule has 2 nitrogen and oxygen atoms in total. The Morgan fingerprint density at radius 3 is 2.19 bits per heavy atom. The SMILES string of the molecule is Cc1c(F)c(C)c(COC(=O)[C@@H]2[C@H](/C=C(\Cl)C(F)(F)F)C2(C)C)c(F)c1F. The van der Waals surface area contributed by atoms with Gasteiger partial charge in [0.2, 0.25) is 0 Å². The molecular formula is C18H17ClF6O2. The van der Waals surface area contributed by atoms with E-state index in [1.54, 1.807) is 13.8 Å². The molecule has 0 saturated heterocycles. The second-order valence-corrected chi connectivity index (χ2v) is 7.52. The summed E-state index contributed by atoms with van der Waals surface area (Å²) in [5.74, 6) is -6.31. The van der Waals surface area contributed by atoms with E-state index in [1.807, 2.05) is 0 Å². The largest absolute Gasteiger partial charge is 0.460 e. The number of allylic oxidation sites excluding steroid dienone is 2. The van der Waals surface area contributed by atoms with Crippen LogP contribution in [0.2, 0.25) is 0 Å². The molecule has 0 amide bonds. The highest BCUT2D eigenvalue weighted by Crippen LogP contribution is 2.60. The Balaban J connectivity index is 2.16. The summed E-state index contributed by atoms with van der Waals surface area (Å²) in [6.07, 6.45) is -3.99. The van der Waals surface area contributed by atoms with E-state index < -0.39 is 69.6 Å². The van der Waals surface area contributed by atoms with Crippen LogP contribution in [0.25, 0.3) is 0 Å². The van der Waals surface area contributed by atoms with Crippen molar-refractivity contribution in [3.63, 3.8) is 0 Å². The van der Waals surface area contributed by atoms with Gasteiger partial charge in [0.25, 0.3) is 0 Å². The van der Waals surface area contributed by atoms with Gasteiger partial charge in [-0.15, -0.1) is 0 Å². The highest BCUT2D eigenvalue weighted by Gasteiger charge is 2.62. The molecule has 150 valence electrons. The minimum Gasteiger partial charge on any atom is -0.460 e. The maximum atomic E-state index is 14.0. The highest BCUT2D eigenvalue weighted by atomic mass is 35.5. The summed E-state index contributed by atoms with van der Waals surface area (Å²) in [5, 5.41) is -1.35. The van der Waals surface area contributed by atoms with Crippen LogP contribution in [-0.4, -0.2) is 12.1 Å². The topological polar surface area (TPSA) is 26.3 Å². The predicted molar refractivity (Wildman–Crippen MR) is 86.3 cm³/mol. The maximum Gasteiger partial charge on any atom is 0.426 e. The minimum atomic E-state index is -4.73. The van der Waals surface area contributed by atoms with Crippen molar-refractivity contribution in [3.05, 3.63) is 45.3 Å². The van der Waals surface area contributed by atoms with E-state index in [0.29, 0.717) is 0 Å². The number of carbonyl (C=O) groups excluding carboxylic acids is 1. The normalized spacial score (nSPS) is 22.0. The standard InChI is InChI=1S/C18H17ClF6O2/c1-7-9(15(22)14(21)8(2)13(7)20)6-27-16(26)12-10(17(12,3)4)5-11(19)18(23,24)25/h5,10,12H,6H2,1-4H3/b11-5-/t10-,12-/m0/s1. The molecule has 1 fully saturated rings. The number of halogens is 7. The summed E-state index contributed by atoms with van der Waals surface area (Å²) in [7, 11) is 0. The Morgan fingerprint density at radius 1 is 1.11 bits per heavy atom. The van der Waals surface area contributed by atoms with Crippen LogP contribution in [-0.2, 0) is 16.1 Å². The van der Waals surface area contributed by atoms with Crippen LogP contribution >= 0.6 is 11.6 Å². The maximum absolute atomic E-state index is 14.0. The molecule has 0 N–H and O–H groups in total. The van der Waals surface area contributed by atoms with Crippen molar-refractivity contribution in [1.82, 2.24) is 0 Å². The van der Waals surface area contributed by atoms with Crippen LogP contribution in [0.1, 0.15) is 30.5 Å². The summed E-state index contributed by atoms with van der Waals surface area (Å²) >= 11 is 5.20. The second kappa shape index (κ2) is 7.04. The van der Waals surface area contributed by atoms with Gasteiger partial charge in [-0.05, 0) is 30.7 Å². The second-order valence-electron chi connectivity index (χ2n) is 7.12. The Labute approximate surface area is 157 Å². The third-order valence-corrected chi connectivity index (χ3v) is 5.36. The smallest absolute Gasteiger partial charge is 0.426 e. The Morgan fingerprint density at radius 2 is 1.67 bits per heavy atom. The number of carbonyl (C=O) groups is 1. The molecule has 27 heavy (non-hydrogen) atoms. The molecule has 0 aromatic heterocycles. The van der Waals surface area contributed by atoms with Crippen molar-refractivity contribution in [2.75, 3.05) is 0 Å². The molecule has 0 bridgehead atoms. The van der Waals surface area contributed by atoms with E-state index >= 15 is 0 Å². The Kier molecular flexibility index (Phi) is 5.63. The van der Waals surface area contributed by atoms with Gasteiger partial charge >= 0.3 is 12.1 Å². The van der Waals surface area contributed by atoms with Crippen molar-refractivity contribution in [1.29, 1.82) is 0 Å². The van der Waals surface area contributed by atoms with Crippen LogP contribution < -0.4 is 0 Å². The van der Waals surface area contributed by atoms with Crippen LogP contribution in [0.15, 0.2) is 11.1 Å². The van der Waals surface area contributed by atoms with Crippen LogP contribution in [0.3, 0.4) is 0 Å². The molecule has 1 aromatic rings. The van der Waals surface area contributed by atoms with E-state index in [-0.39, 0.29) is 5.56 Å². The molecule has 9 heteroatoms. The van der Waals surface area contributed by atoms with Gasteiger partial charge in [-0.3, -0.25) is 4.79 Å². The number of rotatable bonds is 4. The molecule has 2 rings (SSSR count). The van der Waals surface area contributed by atoms with Gasteiger partial charge in [0.05, 0.1) is 5.92 Å². The fraction of sp³-hybridized carbons (Fsp3) is 0.500. The van der Waals surface area contributed by atoms with Crippen LogP contribution in [0, 0.1) is 48.5 Å². The average Bonchev–Trinajstić information content (AvgIpc) is 3.10. The van der Waals surface area contributed by atoms with E-state index in [9.17, 15) is 31.1 Å². The summed E-state index contributed by atoms with van der Waals surface area (Å²) in [5.41, 5.74) is -2.00. The van der Waals surface area contributed by atoms with Gasteiger partial charge in [0, 0.05) is 11.1 Å². The molecule has 1 aromatic carbocycles. The lowest BCUT2D eigenvalue weighted by Crippen LogP contribution is -2.14. The quantitative estimate of drug-likeness (QED) is 0.358. The van der Waals surface area contributed by atoms with Gasteiger partial charge in [-0.25, -0.2) is 13.2 Å². The first-order chi connectivity index (χ1) is 12.2. The first-order valence-corrected chi connectivity index (χ1v) is 8.32. The van der Waals surface area contributed by atoms with Crippen molar-refractivity contribution in [3.8, 4) is 0 Å². The third kappa shape index (κ3) is 3.95. The number of alkyl halides is 3. The monoisotopic (exact) mass is 414 g/mol. The van der Waals surface area contributed by atoms with Crippen molar-refractivity contribution >= 4 is 17.6 Å². The molecule has 0 radical (unpaired) electrons. The first kappa shape index (κ1) is 21.6. The molecule has 0 heterocycles. The van der Waals surface area contributed by atoms with Gasteiger partial charge in [-0.2, -0.15) is 13.2 Å². The fourth-order valence-corrected chi connectivity index (χ4v) is 3.20. The minimum absolute atomic E-state index is 0.203. The van der Waals surface area contributed by atoms with Crippen LogP contribution in [0.4, 0.5) is 26.3 Å². The predicted octanol–water partition coefficient (Wildman–Crippen LogP) is 5.72. The Bertz CT molecular complexity index is 784. The fourth-order valence-electron chi connectivity index (χ4n) is 3.07. The molecular weight excluding hydrogens is 398 g/mol. The molecule has 1 aliphatic rings. The highest BCUT2D eigenvalue weighted by molar-refractivity contribution is 6.30. The Hall–Kier alpha value is -1.70. The number of ether oxygens (including phenoxy) is 1. The summed E-state index contributed by atoms with van der Waals surface area (Å²) in [6.45, 7) is 4.66. The molecule has 1 saturated carbocycles. The molecule has 0 aliphatic heterocycles. The molecule has 0 spiro atoms. The lowest BCUT2D eigenvalue weighted by Gasteiger charge is -2.13. The van der Waals surface area contributed by atoms with Crippen molar-refractivity contribution < 1.29 is 35.9 Å².